The third-order valence-electron chi connectivity index (χ3n) is 3.11. The van der Waals surface area contributed by atoms with Crippen molar-refractivity contribution in [2.45, 2.75) is 9.79 Å². The number of benzene rings is 2. The first-order valence-corrected chi connectivity index (χ1v) is 9.55. The van der Waals surface area contributed by atoms with Crippen molar-refractivity contribution in [3.05, 3.63) is 54.1 Å². The van der Waals surface area contributed by atoms with Gasteiger partial charge in [-0.05, 0) is 42.7 Å². The number of hydrogen-bond donors (Lipinski definition) is 1. The number of hydrogen-bond acceptors (Lipinski definition) is 6. The van der Waals surface area contributed by atoms with Gasteiger partial charge in [-0.3, -0.25) is 4.79 Å². The van der Waals surface area contributed by atoms with E-state index in [1.165, 1.54) is 11.8 Å². The van der Waals surface area contributed by atoms with Gasteiger partial charge in [-0.2, -0.15) is 5.26 Å². The first-order valence-electron chi connectivity index (χ1n) is 7.34. The number of anilines is 1. The van der Waals surface area contributed by atoms with Gasteiger partial charge in [0.15, 0.2) is 6.61 Å². The maximum Gasteiger partial charge on any atom is 0.338 e. The molecular formula is C18H16N2O3S2. The highest BCUT2D eigenvalue weighted by Crippen LogP contribution is 2.26. The Hall–Kier alpha value is -2.43. The van der Waals surface area contributed by atoms with Crippen LogP contribution < -0.4 is 5.32 Å². The molecule has 0 fully saturated rings. The minimum absolute atomic E-state index is 0.286. The second-order valence-electron chi connectivity index (χ2n) is 4.80. The van der Waals surface area contributed by atoms with E-state index in [1.54, 1.807) is 36.0 Å². The second-order valence-corrected chi connectivity index (χ2v) is 6.69. The largest absolute Gasteiger partial charge is 0.452 e. The molecule has 0 unspecified atom stereocenters. The van der Waals surface area contributed by atoms with E-state index in [0.29, 0.717) is 11.3 Å². The van der Waals surface area contributed by atoms with Crippen molar-refractivity contribution in [1.29, 1.82) is 5.26 Å². The molecule has 7 heteroatoms. The highest BCUT2D eigenvalue weighted by Gasteiger charge is 2.12. The van der Waals surface area contributed by atoms with Crippen molar-refractivity contribution in [2.75, 3.05) is 23.9 Å². The van der Waals surface area contributed by atoms with Crippen LogP contribution in [-0.2, 0) is 9.53 Å². The SMILES string of the molecule is CSc1ccc(C(=O)OCC(=O)Nc2ccccc2SCC#N)cc1. The average molecular weight is 372 g/mol. The summed E-state index contributed by atoms with van der Waals surface area (Å²) in [5.41, 5.74) is 0.990. The lowest BCUT2D eigenvalue weighted by Crippen LogP contribution is -2.21. The molecule has 2 aromatic carbocycles. The molecule has 128 valence electrons. The predicted molar refractivity (Wildman–Crippen MR) is 99.9 cm³/mol. The molecule has 0 atom stereocenters. The maximum absolute atomic E-state index is 12.0. The van der Waals surface area contributed by atoms with Crippen molar-refractivity contribution in [3.8, 4) is 6.07 Å². The summed E-state index contributed by atoms with van der Waals surface area (Å²) in [6, 6.07) is 16.2. The van der Waals surface area contributed by atoms with E-state index in [9.17, 15) is 9.59 Å². The third kappa shape index (κ3) is 5.85. The lowest BCUT2D eigenvalue weighted by Gasteiger charge is -2.10. The van der Waals surface area contributed by atoms with Gasteiger partial charge in [-0.15, -0.1) is 23.5 Å². The number of nitrogens with zero attached hydrogens (tertiary/aromatic N) is 1. The number of carbonyl (C=O) groups is 2. The molecule has 0 aromatic heterocycles. The predicted octanol–water partition coefficient (Wildman–Crippen LogP) is 3.82. The van der Waals surface area contributed by atoms with E-state index in [-0.39, 0.29) is 12.4 Å². The molecule has 1 N–H and O–H groups in total. The fraction of sp³-hybridized carbons (Fsp3) is 0.167. The molecule has 25 heavy (non-hydrogen) atoms. The van der Waals surface area contributed by atoms with E-state index < -0.39 is 11.9 Å². The van der Waals surface area contributed by atoms with Gasteiger partial charge in [-0.1, -0.05) is 12.1 Å². The Morgan fingerprint density at radius 2 is 1.88 bits per heavy atom. The summed E-state index contributed by atoms with van der Waals surface area (Å²) in [6.45, 7) is -0.375. The zero-order valence-electron chi connectivity index (χ0n) is 13.5. The number of esters is 1. The number of thioether (sulfide) groups is 2. The molecule has 0 aliphatic carbocycles. The maximum atomic E-state index is 12.0. The molecule has 2 aromatic rings. The topological polar surface area (TPSA) is 79.2 Å². The van der Waals surface area contributed by atoms with Gasteiger partial charge in [0.2, 0.25) is 0 Å². The number of amides is 1. The van der Waals surface area contributed by atoms with Crippen LogP contribution in [0, 0.1) is 11.3 Å². The summed E-state index contributed by atoms with van der Waals surface area (Å²) < 4.78 is 5.04. The summed E-state index contributed by atoms with van der Waals surface area (Å²) >= 11 is 2.91. The molecule has 0 heterocycles. The molecular weight excluding hydrogens is 356 g/mol. The van der Waals surface area contributed by atoms with Crippen LogP contribution >= 0.6 is 23.5 Å². The molecule has 5 nitrogen and oxygen atoms in total. The summed E-state index contributed by atoms with van der Waals surface area (Å²) in [6.07, 6.45) is 1.95. The van der Waals surface area contributed by atoms with Crippen LogP contribution in [0.3, 0.4) is 0 Å². The number of para-hydroxylation sites is 1. The van der Waals surface area contributed by atoms with E-state index in [0.717, 1.165) is 9.79 Å². The average Bonchev–Trinajstić information content (AvgIpc) is 2.65. The number of rotatable bonds is 7. The normalized spacial score (nSPS) is 9.92. The van der Waals surface area contributed by atoms with E-state index in [4.69, 9.17) is 10.00 Å². The summed E-state index contributed by atoms with van der Waals surface area (Å²) in [5, 5.41) is 11.4. The molecule has 2 rings (SSSR count). The number of nitriles is 1. The van der Waals surface area contributed by atoms with Crippen molar-refractivity contribution in [1.82, 2.24) is 0 Å². The third-order valence-corrected chi connectivity index (χ3v) is 4.80. The van der Waals surface area contributed by atoms with Crippen LogP contribution in [0.4, 0.5) is 5.69 Å². The summed E-state index contributed by atoms with van der Waals surface area (Å²) in [7, 11) is 0. The Bertz CT molecular complexity index is 786. The molecule has 0 aliphatic heterocycles. The van der Waals surface area contributed by atoms with Crippen LogP contribution in [0.2, 0.25) is 0 Å². The first-order chi connectivity index (χ1) is 12.1. The van der Waals surface area contributed by atoms with Crippen LogP contribution in [-0.4, -0.2) is 30.5 Å². The molecule has 0 bridgehead atoms. The van der Waals surface area contributed by atoms with Gasteiger partial charge < -0.3 is 10.1 Å². The zero-order chi connectivity index (χ0) is 18.1. The van der Waals surface area contributed by atoms with Crippen molar-refractivity contribution >= 4 is 41.1 Å². The zero-order valence-corrected chi connectivity index (χ0v) is 15.2. The number of carbonyl (C=O) groups excluding carboxylic acids is 2. The van der Waals surface area contributed by atoms with Crippen LogP contribution in [0.25, 0.3) is 0 Å². The van der Waals surface area contributed by atoms with Crippen molar-refractivity contribution in [3.63, 3.8) is 0 Å². The molecule has 0 spiro atoms. The quantitative estimate of drug-likeness (QED) is 0.588. The Labute approximate surface area is 154 Å². The first kappa shape index (κ1) is 18.9. The smallest absolute Gasteiger partial charge is 0.338 e. The van der Waals surface area contributed by atoms with Gasteiger partial charge in [0, 0.05) is 9.79 Å². The van der Waals surface area contributed by atoms with Crippen LogP contribution in [0.15, 0.2) is 58.3 Å². The fourth-order valence-electron chi connectivity index (χ4n) is 1.93. The summed E-state index contributed by atoms with van der Waals surface area (Å²) in [5.74, 6) is -0.692. The van der Waals surface area contributed by atoms with Crippen LogP contribution in [0.5, 0.6) is 0 Å². The van der Waals surface area contributed by atoms with Crippen LogP contribution in [0.1, 0.15) is 10.4 Å². The molecule has 0 aliphatic rings. The Balaban J connectivity index is 1.90. The van der Waals surface area contributed by atoms with Gasteiger partial charge in [0.1, 0.15) is 0 Å². The van der Waals surface area contributed by atoms with E-state index >= 15 is 0 Å². The highest BCUT2D eigenvalue weighted by atomic mass is 32.2. The van der Waals surface area contributed by atoms with Crippen molar-refractivity contribution < 1.29 is 14.3 Å². The standard InChI is InChI=1S/C18H16N2O3S2/c1-24-14-8-6-13(7-9-14)18(22)23-12-17(21)20-15-4-2-3-5-16(15)25-11-10-19/h2-9H,11-12H2,1H3,(H,20,21). The van der Waals surface area contributed by atoms with Gasteiger partial charge in [0.05, 0.1) is 23.1 Å². The van der Waals surface area contributed by atoms with E-state index in [1.807, 2.05) is 36.6 Å². The van der Waals surface area contributed by atoms with Crippen molar-refractivity contribution in [2.24, 2.45) is 0 Å². The lowest BCUT2D eigenvalue weighted by atomic mass is 10.2. The Kier molecular flexibility index (Phi) is 7.38. The number of ether oxygens (including phenoxy) is 1. The number of nitrogens with one attached hydrogen (secondary N) is 1. The minimum Gasteiger partial charge on any atom is -0.452 e. The van der Waals surface area contributed by atoms with E-state index in [2.05, 4.69) is 5.32 Å². The molecule has 0 radical (unpaired) electrons. The Morgan fingerprint density at radius 3 is 2.56 bits per heavy atom. The lowest BCUT2D eigenvalue weighted by molar-refractivity contribution is -0.119. The summed E-state index contributed by atoms with van der Waals surface area (Å²) in [4.78, 5) is 25.8. The molecule has 1 amide bonds. The Morgan fingerprint density at radius 1 is 1.16 bits per heavy atom. The molecule has 0 saturated heterocycles. The second kappa shape index (κ2) is 9.77. The van der Waals surface area contributed by atoms with Gasteiger partial charge in [-0.25, -0.2) is 4.79 Å². The molecule has 0 saturated carbocycles. The van der Waals surface area contributed by atoms with Gasteiger partial charge in [0.25, 0.3) is 5.91 Å². The monoisotopic (exact) mass is 372 g/mol. The van der Waals surface area contributed by atoms with Gasteiger partial charge >= 0.3 is 5.97 Å². The highest BCUT2D eigenvalue weighted by molar-refractivity contribution is 7.99. The fourth-order valence-corrected chi connectivity index (χ4v) is 3.01. The minimum atomic E-state index is -0.546.